The monoisotopic (exact) mass is 770 g/mol. The Labute approximate surface area is 271 Å². The average Bonchev–Trinajstić information content (AvgIpc) is 3.44. The molecule has 2 N–H and O–H groups in total. The van der Waals surface area contributed by atoms with Crippen molar-refractivity contribution in [2.24, 2.45) is 0 Å². The number of hydrogen-bond acceptors (Lipinski definition) is 7. The molecule has 0 fully saturated rings. The highest BCUT2D eigenvalue weighted by molar-refractivity contribution is 9.12. The molecule has 14 heteroatoms. The zero-order valence-corrected chi connectivity index (χ0v) is 28.4. The molecule has 1 aliphatic heterocycles. The second-order valence-electron chi connectivity index (χ2n) is 10.0. The molecular formula is C29H28Br2N2O7S3+2. The first-order valence-electron chi connectivity index (χ1n) is 13.4. The molecular weight excluding hydrogens is 744 g/mol. The van der Waals surface area contributed by atoms with Gasteiger partial charge in [-0.2, -0.15) is 21.4 Å². The van der Waals surface area contributed by atoms with Crippen LogP contribution in [0.2, 0.25) is 0 Å². The molecule has 0 saturated heterocycles. The van der Waals surface area contributed by atoms with Crippen LogP contribution in [0.25, 0.3) is 21.9 Å². The summed E-state index contributed by atoms with van der Waals surface area (Å²) in [4.78, 5) is 2.00. The first kappa shape index (κ1) is 32.0. The summed E-state index contributed by atoms with van der Waals surface area (Å²) in [6, 6.07) is 11.9. The predicted octanol–water partition coefficient (Wildman–Crippen LogP) is 6.52. The van der Waals surface area contributed by atoms with Gasteiger partial charge in [-0.15, -0.1) is 0 Å². The van der Waals surface area contributed by atoms with Crippen molar-refractivity contribution in [2.75, 3.05) is 23.0 Å². The number of thiazole rings is 1. The number of fused-ring (bicyclic) bond motifs is 2. The Kier molecular flexibility index (Phi) is 9.89. The van der Waals surface area contributed by atoms with E-state index in [0.29, 0.717) is 44.0 Å². The Morgan fingerprint density at radius 3 is 2.40 bits per heavy atom. The number of aryl methyl sites for hydroxylation is 1. The molecule has 43 heavy (non-hydrogen) atoms. The molecule has 1 aliphatic carbocycles. The maximum Gasteiger partial charge on any atom is 0.268 e. The Hall–Kier alpha value is -2.42. The highest BCUT2D eigenvalue weighted by Gasteiger charge is 2.31. The second kappa shape index (κ2) is 13.3. The minimum Gasteiger partial charge on any atom is -0.438 e. The third-order valence-corrected chi connectivity index (χ3v) is 10.5. The second-order valence-corrected chi connectivity index (χ2v) is 16.1. The lowest BCUT2D eigenvalue weighted by Crippen LogP contribution is -2.35. The zero-order valence-electron chi connectivity index (χ0n) is 22.7. The lowest BCUT2D eigenvalue weighted by atomic mass is 10.0. The fourth-order valence-corrected chi connectivity index (χ4v) is 7.65. The number of hydrogen-bond donors (Lipinski definition) is 2. The van der Waals surface area contributed by atoms with E-state index in [1.165, 1.54) is 0 Å². The summed E-state index contributed by atoms with van der Waals surface area (Å²) >= 11 is 8.56. The van der Waals surface area contributed by atoms with Crippen LogP contribution in [0, 0.1) is 6.08 Å². The van der Waals surface area contributed by atoms with Crippen LogP contribution in [0.1, 0.15) is 36.3 Å². The van der Waals surface area contributed by atoms with Gasteiger partial charge in [-0.3, -0.25) is 9.11 Å². The van der Waals surface area contributed by atoms with Crippen LogP contribution in [0.3, 0.4) is 0 Å². The van der Waals surface area contributed by atoms with Gasteiger partial charge in [0.25, 0.3) is 25.2 Å². The number of benzene rings is 2. The molecule has 2 heterocycles. The lowest BCUT2D eigenvalue weighted by molar-refractivity contribution is -0.669. The van der Waals surface area contributed by atoms with Gasteiger partial charge in [-0.1, -0.05) is 27.3 Å². The van der Waals surface area contributed by atoms with E-state index in [9.17, 15) is 21.4 Å². The Morgan fingerprint density at radius 1 is 0.953 bits per heavy atom. The van der Waals surface area contributed by atoms with E-state index in [-0.39, 0.29) is 17.9 Å². The van der Waals surface area contributed by atoms with E-state index < -0.39 is 20.2 Å². The highest BCUT2D eigenvalue weighted by atomic mass is 79.9. The van der Waals surface area contributed by atoms with Crippen molar-refractivity contribution in [3.63, 3.8) is 0 Å². The number of aromatic nitrogens is 1. The van der Waals surface area contributed by atoms with Gasteiger partial charge in [-0.25, -0.2) is 0 Å². The first-order chi connectivity index (χ1) is 20.4. The fourth-order valence-electron chi connectivity index (χ4n) is 4.82. The van der Waals surface area contributed by atoms with Crippen LogP contribution in [-0.2, 0) is 26.8 Å². The molecule has 0 unspecified atom stereocenters. The maximum absolute atomic E-state index is 11.3. The van der Waals surface area contributed by atoms with Crippen molar-refractivity contribution in [3.8, 4) is 5.75 Å². The van der Waals surface area contributed by atoms with Gasteiger partial charge in [0.1, 0.15) is 9.18 Å². The fraction of sp³-hybridized carbons (Fsp3) is 0.276. The van der Waals surface area contributed by atoms with E-state index in [0.717, 1.165) is 41.0 Å². The summed E-state index contributed by atoms with van der Waals surface area (Å²) < 4.78 is 74.8. The Bertz CT molecular complexity index is 1900. The van der Waals surface area contributed by atoms with Gasteiger partial charge in [0.15, 0.2) is 17.9 Å². The van der Waals surface area contributed by atoms with E-state index in [4.69, 9.17) is 9.29 Å². The molecule has 0 radical (unpaired) electrons. The van der Waals surface area contributed by atoms with Crippen LogP contribution in [0.5, 0.6) is 5.75 Å². The molecule has 0 amide bonds. The molecule has 1 aromatic heterocycles. The van der Waals surface area contributed by atoms with Crippen LogP contribution < -0.4 is 14.2 Å². The van der Waals surface area contributed by atoms with Crippen LogP contribution in [0.4, 0.5) is 5.69 Å². The summed E-state index contributed by atoms with van der Waals surface area (Å²) in [5.41, 5.74) is 3.66. The molecule has 2 aromatic carbocycles. The summed E-state index contributed by atoms with van der Waals surface area (Å²) in [6.07, 6.45) is 12.6. The van der Waals surface area contributed by atoms with Crippen LogP contribution >= 0.6 is 43.2 Å². The molecule has 9 nitrogen and oxygen atoms in total. The van der Waals surface area contributed by atoms with Crippen molar-refractivity contribution < 1.29 is 35.2 Å². The maximum atomic E-state index is 11.3. The first-order valence-corrected chi connectivity index (χ1v) is 19.0. The standard InChI is InChI=1S/C29H26Br2N2O7S3/c30-22-8-5-20(6-9-22)21-7-11-26-24(17-21)32(13-1-3-15-42(34,35)36)28(40-26)19-29-33(14-2-4-16-43(37,38)39)25-18-23(31)10-12-27(25)41-29/h5,7-12,17-19H,1-4,13-16H2/p+2. The number of rotatable bonds is 12. The van der Waals surface area contributed by atoms with Crippen LogP contribution in [0.15, 0.2) is 69.5 Å². The predicted molar refractivity (Wildman–Crippen MR) is 176 cm³/mol. The van der Waals surface area contributed by atoms with E-state index in [2.05, 4.69) is 42.5 Å². The van der Waals surface area contributed by atoms with Crippen molar-refractivity contribution in [1.82, 2.24) is 0 Å². The number of halogens is 2. The normalized spacial score (nSPS) is 15.8. The largest absolute Gasteiger partial charge is 0.438 e. The van der Waals surface area contributed by atoms with Crippen molar-refractivity contribution in [1.29, 1.82) is 0 Å². The minimum absolute atomic E-state index is 0.281. The Balaban J connectivity index is 1.50. The average molecular weight is 773 g/mol. The van der Waals surface area contributed by atoms with Crippen molar-refractivity contribution >= 4 is 91.0 Å². The van der Waals surface area contributed by atoms with Gasteiger partial charge in [-0.05, 0) is 43.5 Å². The van der Waals surface area contributed by atoms with Crippen molar-refractivity contribution in [3.05, 3.63) is 86.1 Å². The Morgan fingerprint density at radius 2 is 1.70 bits per heavy atom. The summed E-state index contributed by atoms with van der Waals surface area (Å²) in [5, 5.41) is 0.882. The SMILES string of the molecule is O=S(=O)(O)CCCCN1C(=Cc2sc3ccc(Br)cc3[n+]2CCCCS(=O)(=O)O)Oc2ccc(C3=[C+]C=C(Br)C=C3)cc21. The lowest BCUT2D eigenvalue weighted by Gasteiger charge is -2.18. The molecule has 0 spiro atoms. The van der Waals surface area contributed by atoms with Gasteiger partial charge in [0.05, 0.1) is 34.9 Å². The molecule has 0 saturated carbocycles. The third kappa shape index (κ3) is 8.40. The molecule has 0 atom stereocenters. The van der Waals surface area contributed by atoms with Gasteiger partial charge < -0.3 is 9.64 Å². The highest BCUT2D eigenvalue weighted by Crippen LogP contribution is 2.42. The zero-order chi connectivity index (χ0) is 30.8. The van der Waals surface area contributed by atoms with E-state index in [1.807, 2.05) is 65.6 Å². The minimum atomic E-state index is -4.06. The summed E-state index contributed by atoms with van der Waals surface area (Å²) in [6.45, 7) is 0.975. The number of unbranched alkanes of at least 4 members (excludes halogenated alkanes) is 2. The van der Waals surface area contributed by atoms with E-state index >= 15 is 0 Å². The molecule has 0 bridgehead atoms. The van der Waals surface area contributed by atoms with Gasteiger partial charge in [0.2, 0.25) is 11.4 Å². The summed E-state index contributed by atoms with van der Waals surface area (Å²) in [7, 11) is -8.10. The number of ether oxygens (including phenoxy) is 1. The topological polar surface area (TPSA) is 125 Å². The molecule has 3 aromatic rings. The number of nitrogens with zero attached hydrogens (tertiary/aromatic N) is 2. The molecule has 2 aliphatic rings. The van der Waals surface area contributed by atoms with Crippen molar-refractivity contribution in [2.45, 2.75) is 32.2 Å². The molecule has 226 valence electrons. The molecule has 5 rings (SSSR count). The smallest absolute Gasteiger partial charge is 0.268 e. The number of anilines is 1. The van der Waals surface area contributed by atoms with Crippen LogP contribution in [-0.4, -0.2) is 44.0 Å². The quantitative estimate of drug-likeness (QED) is 0.0924. The van der Waals surface area contributed by atoms with Gasteiger partial charge in [0, 0.05) is 63.7 Å². The third-order valence-electron chi connectivity index (χ3n) is 6.82. The number of allylic oxidation sites excluding steroid dienone is 6. The summed E-state index contributed by atoms with van der Waals surface area (Å²) in [5.74, 6) is 0.599. The van der Waals surface area contributed by atoms with E-state index in [1.54, 1.807) is 11.3 Å². The van der Waals surface area contributed by atoms with Gasteiger partial charge >= 0.3 is 0 Å².